The summed E-state index contributed by atoms with van der Waals surface area (Å²) >= 11 is 0. The Hall–Kier alpha value is -0.610. The maximum atomic E-state index is 11.8. The van der Waals surface area contributed by atoms with Crippen LogP contribution in [-0.2, 0) is 4.79 Å². The quantitative estimate of drug-likeness (QED) is 0.737. The van der Waals surface area contributed by atoms with E-state index >= 15 is 0 Å². The van der Waals surface area contributed by atoms with Crippen LogP contribution >= 0.6 is 0 Å². The minimum absolute atomic E-state index is 0.0359. The van der Waals surface area contributed by atoms with Gasteiger partial charge in [0.25, 0.3) is 0 Å². The van der Waals surface area contributed by atoms with E-state index in [1.165, 1.54) is 0 Å². The lowest BCUT2D eigenvalue weighted by molar-refractivity contribution is -0.124. The van der Waals surface area contributed by atoms with Crippen molar-refractivity contribution < 1.29 is 4.79 Å². The van der Waals surface area contributed by atoms with Crippen molar-refractivity contribution in [2.75, 3.05) is 20.6 Å². The van der Waals surface area contributed by atoms with Crippen molar-refractivity contribution >= 4 is 5.91 Å². The molecule has 0 fully saturated rings. The first kappa shape index (κ1) is 16.4. The van der Waals surface area contributed by atoms with Gasteiger partial charge in [-0.1, -0.05) is 27.7 Å². The van der Waals surface area contributed by atoms with Crippen LogP contribution in [0.5, 0.6) is 0 Å². The number of carbonyl (C=O) groups excluding carboxylic acids is 1. The van der Waals surface area contributed by atoms with Crippen molar-refractivity contribution in [1.29, 1.82) is 0 Å². The number of rotatable bonds is 6. The highest BCUT2D eigenvalue weighted by molar-refractivity contribution is 5.81. The second-order valence-electron chi connectivity index (χ2n) is 6.03. The largest absolute Gasteiger partial charge is 0.351 e. The fourth-order valence-corrected chi connectivity index (χ4v) is 1.57. The van der Waals surface area contributed by atoms with Crippen molar-refractivity contribution in [2.24, 2.45) is 11.1 Å². The topological polar surface area (TPSA) is 58.4 Å². The maximum Gasteiger partial charge on any atom is 0.237 e. The summed E-state index contributed by atoms with van der Waals surface area (Å²) in [6, 6.07) is -0.228. The molecule has 0 aliphatic carbocycles. The van der Waals surface area contributed by atoms with Crippen molar-refractivity contribution in [3.05, 3.63) is 0 Å². The molecule has 4 nitrogen and oxygen atoms in total. The molecular formula is C13H29N3O. The van der Waals surface area contributed by atoms with Gasteiger partial charge in [0.05, 0.1) is 6.04 Å². The molecule has 0 aromatic heterocycles. The summed E-state index contributed by atoms with van der Waals surface area (Å²) in [5.41, 5.74) is 5.80. The molecule has 0 saturated heterocycles. The molecule has 1 amide bonds. The zero-order valence-electron chi connectivity index (χ0n) is 12.2. The molecule has 0 heterocycles. The Morgan fingerprint density at radius 3 is 2.24 bits per heavy atom. The molecule has 1 unspecified atom stereocenters. The van der Waals surface area contributed by atoms with E-state index in [0.29, 0.717) is 6.42 Å². The van der Waals surface area contributed by atoms with Crippen LogP contribution < -0.4 is 11.1 Å². The van der Waals surface area contributed by atoms with Gasteiger partial charge in [-0.3, -0.25) is 4.79 Å². The minimum atomic E-state index is -0.390. The van der Waals surface area contributed by atoms with Gasteiger partial charge in [-0.25, -0.2) is 0 Å². The lowest BCUT2D eigenvalue weighted by Gasteiger charge is -2.33. The van der Waals surface area contributed by atoms with E-state index in [4.69, 9.17) is 5.73 Å². The van der Waals surface area contributed by atoms with Gasteiger partial charge in [-0.05, 0) is 38.9 Å². The number of nitrogens with two attached hydrogens (primary N) is 1. The van der Waals surface area contributed by atoms with Gasteiger partial charge in [0, 0.05) is 6.04 Å². The molecule has 0 rings (SSSR count). The SMILES string of the molecule is CC[C@H](N)C(=O)NC(CCN(C)C)C(C)(C)C. The number of carbonyl (C=O) groups is 1. The monoisotopic (exact) mass is 243 g/mol. The van der Waals surface area contributed by atoms with Gasteiger partial charge in [-0.15, -0.1) is 0 Å². The molecule has 0 spiro atoms. The molecule has 102 valence electrons. The second kappa shape index (κ2) is 6.97. The van der Waals surface area contributed by atoms with E-state index in [1.807, 2.05) is 21.0 Å². The summed E-state index contributed by atoms with van der Waals surface area (Å²) in [5, 5.41) is 3.07. The van der Waals surface area contributed by atoms with E-state index in [1.54, 1.807) is 0 Å². The lowest BCUT2D eigenvalue weighted by atomic mass is 9.84. The number of hydrogen-bond acceptors (Lipinski definition) is 3. The molecular weight excluding hydrogens is 214 g/mol. The molecule has 2 atom stereocenters. The Morgan fingerprint density at radius 1 is 1.35 bits per heavy atom. The van der Waals surface area contributed by atoms with Crippen LogP contribution in [0.25, 0.3) is 0 Å². The number of amides is 1. The summed E-state index contributed by atoms with van der Waals surface area (Å²) < 4.78 is 0. The van der Waals surface area contributed by atoms with E-state index in [9.17, 15) is 4.79 Å². The van der Waals surface area contributed by atoms with E-state index in [0.717, 1.165) is 13.0 Å². The normalized spacial score (nSPS) is 15.8. The van der Waals surface area contributed by atoms with Crippen molar-refractivity contribution in [2.45, 2.75) is 52.6 Å². The zero-order chi connectivity index (χ0) is 13.6. The molecule has 17 heavy (non-hydrogen) atoms. The summed E-state index contributed by atoms with van der Waals surface area (Å²) in [4.78, 5) is 14.0. The third-order valence-electron chi connectivity index (χ3n) is 3.00. The van der Waals surface area contributed by atoms with Gasteiger partial charge in [-0.2, -0.15) is 0 Å². The molecule has 0 bridgehead atoms. The van der Waals surface area contributed by atoms with Crippen LogP contribution in [0.3, 0.4) is 0 Å². The first-order valence-corrected chi connectivity index (χ1v) is 6.39. The highest BCUT2D eigenvalue weighted by atomic mass is 16.2. The Kier molecular flexibility index (Phi) is 6.72. The fraction of sp³-hybridized carbons (Fsp3) is 0.923. The van der Waals surface area contributed by atoms with E-state index in [-0.39, 0.29) is 23.4 Å². The Morgan fingerprint density at radius 2 is 1.88 bits per heavy atom. The van der Waals surface area contributed by atoms with Gasteiger partial charge in [0.15, 0.2) is 0 Å². The second-order valence-corrected chi connectivity index (χ2v) is 6.03. The Bertz CT molecular complexity index is 233. The van der Waals surface area contributed by atoms with Gasteiger partial charge >= 0.3 is 0 Å². The average Bonchev–Trinajstić information content (AvgIpc) is 2.20. The molecule has 4 heteroatoms. The number of hydrogen-bond donors (Lipinski definition) is 2. The van der Waals surface area contributed by atoms with Crippen LogP contribution in [-0.4, -0.2) is 43.5 Å². The van der Waals surface area contributed by atoms with Crippen molar-refractivity contribution in [3.63, 3.8) is 0 Å². The molecule has 3 N–H and O–H groups in total. The fourth-order valence-electron chi connectivity index (χ4n) is 1.57. The lowest BCUT2D eigenvalue weighted by Crippen LogP contribution is -2.50. The van der Waals surface area contributed by atoms with Crippen LogP contribution in [0, 0.1) is 5.41 Å². The Labute approximate surface area is 106 Å². The van der Waals surface area contributed by atoms with Crippen LogP contribution in [0.4, 0.5) is 0 Å². The molecule has 0 aromatic carbocycles. The minimum Gasteiger partial charge on any atom is -0.351 e. The predicted octanol–water partition coefficient (Wildman–Crippen LogP) is 1.21. The van der Waals surface area contributed by atoms with E-state index < -0.39 is 0 Å². The summed E-state index contributed by atoms with van der Waals surface area (Å²) in [5.74, 6) is -0.0359. The zero-order valence-corrected chi connectivity index (χ0v) is 12.2. The summed E-state index contributed by atoms with van der Waals surface area (Å²) in [6.07, 6.45) is 1.62. The van der Waals surface area contributed by atoms with Gasteiger partial charge < -0.3 is 16.0 Å². The molecule has 0 radical (unpaired) electrons. The smallest absolute Gasteiger partial charge is 0.237 e. The molecule has 0 saturated carbocycles. The average molecular weight is 243 g/mol. The molecule has 0 aliphatic heterocycles. The number of nitrogens with one attached hydrogen (secondary N) is 1. The predicted molar refractivity (Wildman–Crippen MR) is 72.8 cm³/mol. The standard InChI is InChI=1S/C13H29N3O/c1-7-10(14)12(17)15-11(13(2,3)4)8-9-16(5)6/h10-11H,7-9,14H2,1-6H3,(H,15,17)/t10-,11?/m0/s1. The Balaban J connectivity index is 4.45. The van der Waals surface area contributed by atoms with Crippen LogP contribution in [0.15, 0.2) is 0 Å². The number of nitrogens with zero attached hydrogens (tertiary/aromatic N) is 1. The van der Waals surface area contributed by atoms with E-state index in [2.05, 4.69) is 31.0 Å². The molecule has 0 aromatic rings. The van der Waals surface area contributed by atoms with Crippen molar-refractivity contribution in [1.82, 2.24) is 10.2 Å². The summed E-state index contributed by atoms with van der Waals surface area (Å²) in [7, 11) is 4.08. The summed E-state index contributed by atoms with van der Waals surface area (Å²) in [6.45, 7) is 9.32. The molecule has 0 aliphatic rings. The highest BCUT2D eigenvalue weighted by Gasteiger charge is 2.27. The first-order valence-electron chi connectivity index (χ1n) is 6.39. The van der Waals surface area contributed by atoms with Crippen LogP contribution in [0.1, 0.15) is 40.5 Å². The van der Waals surface area contributed by atoms with Gasteiger partial charge in [0.1, 0.15) is 0 Å². The third-order valence-corrected chi connectivity index (χ3v) is 3.00. The van der Waals surface area contributed by atoms with Crippen molar-refractivity contribution in [3.8, 4) is 0 Å². The third kappa shape index (κ3) is 6.64. The highest BCUT2D eigenvalue weighted by Crippen LogP contribution is 2.22. The first-order chi connectivity index (χ1) is 7.68. The van der Waals surface area contributed by atoms with Gasteiger partial charge in [0.2, 0.25) is 5.91 Å². The maximum absolute atomic E-state index is 11.8. The van der Waals surface area contributed by atoms with Crippen LogP contribution in [0.2, 0.25) is 0 Å².